The van der Waals surface area contributed by atoms with E-state index in [0.29, 0.717) is 13.1 Å². The Balaban J connectivity index is 2.75. The highest BCUT2D eigenvalue weighted by atomic mass is 32.1. The van der Waals surface area contributed by atoms with Gasteiger partial charge in [-0.2, -0.15) is 12.6 Å². The Morgan fingerprint density at radius 2 is 1.67 bits per heavy atom. The van der Waals surface area contributed by atoms with Crippen LogP contribution in [-0.2, 0) is 0 Å². The maximum Gasteiger partial charge on any atom is 0.0262 e. The van der Waals surface area contributed by atoms with Gasteiger partial charge in [0.25, 0.3) is 0 Å². The molecule has 0 fully saturated rings. The molecular weight excluding hydrogens is 96.1 g/mol. The van der Waals surface area contributed by atoms with E-state index in [1.807, 2.05) is 0 Å². The van der Waals surface area contributed by atoms with Gasteiger partial charge >= 0.3 is 0 Å². The summed E-state index contributed by atoms with van der Waals surface area (Å²) in [5.41, 5.74) is 10.3. The van der Waals surface area contributed by atoms with Gasteiger partial charge in [-0.15, -0.1) is 0 Å². The molecule has 6 heavy (non-hydrogen) atoms. The van der Waals surface area contributed by atoms with Crippen molar-refractivity contribution < 1.29 is 0 Å². The lowest BCUT2D eigenvalue weighted by Gasteiger charge is -1.98. The predicted octanol–water partition coefficient (Wildman–Crippen LogP) is -0.798. The van der Waals surface area contributed by atoms with Crippen molar-refractivity contribution in [3.05, 3.63) is 0 Å². The van der Waals surface area contributed by atoms with Crippen molar-refractivity contribution in [2.24, 2.45) is 11.5 Å². The minimum atomic E-state index is 0.185. The molecule has 0 aliphatic rings. The summed E-state index contributed by atoms with van der Waals surface area (Å²) < 4.78 is 0. The Morgan fingerprint density at radius 3 is 1.67 bits per heavy atom. The molecule has 3 heteroatoms. The van der Waals surface area contributed by atoms with Gasteiger partial charge < -0.3 is 11.5 Å². The van der Waals surface area contributed by atoms with Gasteiger partial charge in [-0.25, -0.2) is 0 Å². The summed E-state index contributed by atoms with van der Waals surface area (Å²) in [6.07, 6.45) is 0. The minimum Gasteiger partial charge on any atom is -0.329 e. The van der Waals surface area contributed by atoms with E-state index in [-0.39, 0.29) is 5.25 Å². The first-order chi connectivity index (χ1) is 2.81. The molecule has 0 radical (unpaired) electrons. The first kappa shape index (κ1) is 6.27. The van der Waals surface area contributed by atoms with E-state index in [0.717, 1.165) is 0 Å². The van der Waals surface area contributed by atoms with Crippen molar-refractivity contribution in [1.29, 1.82) is 0 Å². The molecule has 0 spiro atoms. The topological polar surface area (TPSA) is 52.0 Å². The summed E-state index contributed by atoms with van der Waals surface area (Å²) in [5.74, 6) is 0. The molecule has 38 valence electrons. The number of hydrogen-bond acceptors (Lipinski definition) is 3. The maximum absolute atomic E-state index is 5.13. The van der Waals surface area contributed by atoms with Crippen molar-refractivity contribution >= 4 is 12.6 Å². The predicted molar refractivity (Wildman–Crippen MR) is 30.9 cm³/mol. The molecule has 0 saturated heterocycles. The Hall–Kier alpha value is 0.270. The lowest BCUT2D eigenvalue weighted by Crippen LogP contribution is -2.23. The molecule has 4 N–H and O–H groups in total. The molecule has 0 aromatic heterocycles. The van der Waals surface area contributed by atoms with Gasteiger partial charge in [0, 0.05) is 18.3 Å². The molecule has 2 nitrogen and oxygen atoms in total. The van der Waals surface area contributed by atoms with Gasteiger partial charge in [0.15, 0.2) is 0 Å². The lowest BCUT2D eigenvalue weighted by atomic mass is 10.4. The second-order valence-electron chi connectivity index (χ2n) is 1.13. The van der Waals surface area contributed by atoms with Crippen LogP contribution in [0.4, 0.5) is 0 Å². The van der Waals surface area contributed by atoms with Gasteiger partial charge in [-0.1, -0.05) is 0 Å². The zero-order chi connectivity index (χ0) is 4.99. The average molecular weight is 106 g/mol. The molecule has 0 amide bonds. The average Bonchev–Trinajstić information content (AvgIpc) is 1.65. The summed E-state index contributed by atoms with van der Waals surface area (Å²) in [7, 11) is 0. The highest BCUT2D eigenvalue weighted by Gasteiger charge is 1.90. The van der Waals surface area contributed by atoms with Crippen LogP contribution in [0.1, 0.15) is 0 Å². The first-order valence-corrected chi connectivity index (χ1v) is 2.41. The van der Waals surface area contributed by atoms with Crippen molar-refractivity contribution in [2.45, 2.75) is 5.25 Å². The van der Waals surface area contributed by atoms with Crippen LogP contribution in [0.15, 0.2) is 0 Å². The number of hydrogen-bond donors (Lipinski definition) is 3. The minimum absolute atomic E-state index is 0.185. The molecule has 0 saturated carbocycles. The largest absolute Gasteiger partial charge is 0.329 e. The fraction of sp³-hybridized carbons (Fsp3) is 1.00. The number of nitrogens with two attached hydrogens (primary N) is 2. The molecule has 0 unspecified atom stereocenters. The molecule has 0 bridgehead atoms. The lowest BCUT2D eigenvalue weighted by molar-refractivity contribution is 0.869. The molecule has 0 aliphatic heterocycles. The van der Waals surface area contributed by atoms with Crippen molar-refractivity contribution in [2.75, 3.05) is 13.1 Å². The highest BCUT2D eigenvalue weighted by Crippen LogP contribution is 1.83. The summed E-state index contributed by atoms with van der Waals surface area (Å²) >= 11 is 3.98. The first-order valence-electron chi connectivity index (χ1n) is 1.89. The van der Waals surface area contributed by atoms with E-state index < -0.39 is 0 Å². The summed E-state index contributed by atoms with van der Waals surface area (Å²) in [4.78, 5) is 0. The number of rotatable bonds is 2. The van der Waals surface area contributed by atoms with Gasteiger partial charge in [0.05, 0.1) is 0 Å². The number of thiol groups is 1. The van der Waals surface area contributed by atoms with Crippen LogP contribution in [0.3, 0.4) is 0 Å². The normalized spacial score (nSPS) is 10.0. The van der Waals surface area contributed by atoms with E-state index in [2.05, 4.69) is 12.6 Å². The molecule has 0 rings (SSSR count). The fourth-order valence-electron chi connectivity index (χ4n) is 0.0962. The Bertz CT molecular complexity index is 28.0. The van der Waals surface area contributed by atoms with Gasteiger partial charge in [0.2, 0.25) is 0 Å². The van der Waals surface area contributed by atoms with Crippen LogP contribution in [-0.4, -0.2) is 18.3 Å². The van der Waals surface area contributed by atoms with E-state index in [9.17, 15) is 0 Å². The second-order valence-corrected chi connectivity index (χ2v) is 1.86. The van der Waals surface area contributed by atoms with Gasteiger partial charge in [-0.05, 0) is 0 Å². The van der Waals surface area contributed by atoms with Crippen LogP contribution in [0, 0.1) is 0 Å². The Morgan fingerprint density at radius 1 is 1.33 bits per heavy atom. The Labute approximate surface area is 43.3 Å². The van der Waals surface area contributed by atoms with E-state index in [1.165, 1.54) is 0 Å². The molecule has 0 aromatic carbocycles. The second kappa shape index (κ2) is 3.46. The molecule has 0 aliphatic carbocycles. The van der Waals surface area contributed by atoms with Crippen molar-refractivity contribution in [3.63, 3.8) is 0 Å². The quantitative estimate of drug-likeness (QED) is 0.404. The van der Waals surface area contributed by atoms with Crippen LogP contribution in [0.25, 0.3) is 0 Å². The SMILES string of the molecule is NCC(S)CN. The van der Waals surface area contributed by atoms with Crippen LogP contribution in [0.2, 0.25) is 0 Å². The molecule has 0 aromatic rings. The molecular formula is C3H10N2S. The highest BCUT2D eigenvalue weighted by molar-refractivity contribution is 7.81. The van der Waals surface area contributed by atoms with E-state index in [1.54, 1.807) is 0 Å². The van der Waals surface area contributed by atoms with Crippen molar-refractivity contribution in [1.82, 2.24) is 0 Å². The zero-order valence-electron chi connectivity index (χ0n) is 3.59. The standard InChI is InChI=1S/C3H10N2S/c4-1-3(6)2-5/h3,6H,1-2,4-5H2. The van der Waals surface area contributed by atoms with E-state index >= 15 is 0 Å². The third kappa shape index (κ3) is 2.50. The van der Waals surface area contributed by atoms with Crippen molar-refractivity contribution in [3.8, 4) is 0 Å². The van der Waals surface area contributed by atoms with E-state index in [4.69, 9.17) is 11.5 Å². The zero-order valence-corrected chi connectivity index (χ0v) is 4.49. The third-order valence-electron chi connectivity index (χ3n) is 0.544. The third-order valence-corrected chi connectivity index (χ3v) is 0.966. The monoisotopic (exact) mass is 106 g/mol. The van der Waals surface area contributed by atoms with Crippen LogP contribution >= 0.6 is 12.6 Å². The maximum atomic E-state index is 5.13. The van der Waals surface area contributed by atoms with Crippen LogP contribution in [0.5, 0.6) is 0 Å². The van der Waals surface area contributed by atoms with Gasteiger partial charge in [-0.3, -0.25) is 0 Å². The van der Waals surface area contributed by atoms with Crippen LogP contribution < -0.4 is 11.5 Å². The summed E-state index contributed by atoms with van der Waals surface area (Å²) in [6.45, 7) is 1.14. The summed E-state index contributed by atoms with van der Waals surface area (Å²) in [5, 5.41) is 0.185. The smallest absolute Gasteiger partial charge is 0.0262 e. The Kier molecular flexibility index (Phi) is 3.62. The summed E-state index contributed by atoms with van der Waals surface area (Å²) in [6, 6.07) is 0. The van der Waals surface area contributed by atoms with Gasteiger partial charge in [0.1, 0.15) is 0 Å². The molecule has 0 heterocycles. The fourth-order valence-corrected chi connectivity index (χ4v) is 0.0962. The molecule has 0 atom stereocenters.